The third-order valence-corrected chi connectivity index (χ3v) is 6.84. The number of carbonyl (C=O) groups is 2. The number of nitrogens with zero attached hydrogens (tertiary/aromatic N) is 2. The number of hydrogen-bond acceptors (Lipinski definition) is 6. The number of amides is 1. The number of rotatable bonds is 14. The highest BCUT2D eigenvalue weighted by Crippen LogP contribution is 2.42. The van der Waals surface area contributed by atoms with Crippen LogP contribution in [0.2, 0.25) is 0 Å². The molecule has 200 valence electrons. The molecule has 0 radical (unpaired) electrons. The second-order valence-electron chi connectivity index (χ2n) is 9.38. The van der Waals surface area contributed by atoms with Crippen LogP contribution in [0.3, 0.4) is 0 Å². The summed E-state index contributed by atoms with van der Waals surface area (Å²) in [6.07, 6.45) is 5.27. The molecule has 1 N–H and O–H groups in total. The third kappa shape index (κ3) is 6.72. The van der Waals surface area contributed by atoms with Crippen LogP contribution >= 0.6 is 0 Å². The van der Waals surface area contributed by atoms with Gasteiger partial charge in [-0.2, -0.15) is 0 Å². The van der Waals surface area contributed by atoms with E-state index in [1.807, 2.05) is 12.1 Å². The van der Waals surface area contributed by atoms with Crippen molar-refractivity contribution in [2.75, 3.05) is 40.4 Å². The molecule has 1 heterocycles. The van der Waals surface area contributed by atoms with Gasteiger partial charge in [0.05, 0.1) is 25.8 Å². The van der Waals surface area contributed by atoms with E-state index in [2.05, 4.69) is 18.7 Å². The summed E-state index contributed by atoms with van der Waals surface area (Å²) in [7, 11) is 3.10. The van der Waals surface area contributed by atoms with Crippen molar-refractivity contribution in [1.82, 2.24) is 9.80 Å². The van der Waals surface area contributed by atoms with Gasteiger partial charge in [-0.25, -0.2) is 0 Å². The Morgan fingerprint density at radius 1 is 0.892 bits per heavy atom. The number of benzene rings is 2. The highest BCUT2D eigenvalue weighted by molar-refractivity contribution is 6.46. The molecule has 1 atom stereocenters. The maximum Gasteiger partial charge on any atom is 0.295 e. The third-order valence-electron chi connectivity index (χ3n) is 6.84. The van der Waals surface area contributed by atoms with Crippen LogP contribution < -0.4 is 9.47 Å². The molecule has 37 heavy (non-hydrogen) atoms. The minimum atomic E-state index is -0.722. The van der Waals surface area contributed by atoms with Crippen molar-refractivity contribution in [3.63, 3.8) is 0 Å². The number of unbranched alkanes of at least 4 members (excludes halogenated alkanes) is 2. The summed E-state index contributed by atoms with van der Waals surface area (Å²) >= 11 is 0. The molecule has 7 nitrogen and oxygen atoms in total. The monoisotopic (exact) mass is 508 g/mol. The van der Waals surface area contributed by atoms with Gasteiger partial charge in [0.1, 0.15) is 5.76 Å². The van der Waals surface area contributed by atoms with Gasteiger partial charge in [-0.1, -0.05) is 63.1 Å². The standard InChI is InChI=1S/C30H40N2O5/c1-5-7-17-31(18-8-6-2)19-12-20-32-27(23-15-16-24(36-3)25(21-23)37-4)26(29(34)30(32)35)28(33)22-13-10-9-11-14-22/h9-11,13-16,21,27,33H,5-8,12,17-20H2,1-4H3/b28-26+. The van der Waals surface area contributed by atoms with E-state index < -0.39 is 17.7 Å². The average molecular weight is 509 g/mol. The zero-order valence-electron chi connectivity index (χ0n) is 22.5. The molecule has 1 unspecified atom stereocenters. The fourth-order valence-corrected chi connectivity index (χ4v) is 4.80. The normalized spacial score (nSPS) is 17.0. The molecule has 7 heteroatoms. The first kappa shape index (κ1) is 28.3. The number of carbonyl (C=O) groups excluding carboxylic acids is 2. The zero-order chi connectivity index (χ0) is 26.8. The van der Waals surface area contributed by atoms with Gasteiger partial charge in [0.2, 0.25) is 0 Å². The molecule has 0 bridgehead atoms. The van der Waals surface area contributed by atoms with Crippen LogP contribution in [0.5, 0.6) is 11.5 Å². The van der Waals surface area contributed by atoms with Crippen molar-refractivity contribution in [1.29, 1.82) is 0 Å². The Morgan fingerprint density at radius 3 is 2.11 bits per heavy atom. The van der Waals surface area contributed by atoms with Crippen LogP contribution in [0.15, 0.2) is 54.1 Å². The lowest BCUT2D eigenvalue weighted by atomic mass is 9.95. The first-order chi connectivity index (χ1) is 18.0. The molecule has 0 aliphatic carbocycles. The smallest absolute Gasteiger partial charge is 0.295 e. The predicted molar refractivity (Wildman–Crippen MR) is 146 cm³/mol. The first-order valence-electron chi connectivity index (χ1n) is 13.2. The van der Waals surface area contributed by atoms with Gasteiger partial charge < -0.3 is 24.4 Å². The van der Waals surface area contributed by atoms with Crippen molar-refractivity contribution < 1.29 is 24.2 Å². The van der Waals surface area contributed by atoms with E-state index in [0.717, 1.165) is 51.7 Å². The van der Waals surface area contributed by atoms with Gasteiger partial charge in [0.15, 0.2) is 11.5 Å². The van der Waals surface area contributed by atoms with Crippen LogP contribution in [0.4, 0.5) is 0 Å². The molecule has 1 saturated heterocycles. The van der Waals surface area contributed by atoms with Crippen LogP contribution in [0.1, 0.15) is 63.1 Å². The topological polar surface area (TPSA) is 79.3 Å². The van der Waals surface area contributed by atoms with Crippen molar-refractivity contribution in [3.8, 4) is 11.5 Å². The van der Waals surface area contributed by atoms with Crippen molar-refractivity contribution >= 4 is 17.4 Å². The molecule has 1 aliphatic rings. The van der Waals surface area contributed by atoms with Gasteiger partial charge >= 0.3 is 0 Å². The van der Waals surface area contributed by atoms with E-state index >= 15 is 0 Å². The van der Waals surface area contributed by atoms with Crippen molar-refractivity contribution in [2.24, 2.45) is 0 Å². The molecule has 1 fully saturated rings. The maximum atomic E-state index is 13.3. The Balaban J connectivity index is 1.96. The number of Topliss-reactive ketones (excluding diaryl/α,β-unsaturated/α-hetero) is 1. The Morgan fingerprint density at radius 2 is 1.51 bits per heavy atom. The minimum absolute atomic E-state index is 0.0947. The largest absolute Gasteiger partial charge is 0.507 e. The summed E-state index contributed by atoms with van der Waals surface area (Å²) in [5.41, 5.74) is 1.27. The molecule has 0 aromatic heterocycles. The van der Waals surface area contributed by atoms with Crippen molar-refractivity contribution in [2.45, 2.75) is 52.0 Å². The average Bonchev–Trinajstić information content (AvgIpc) is 3.18. The highest BCUT2D eigenvalue weighted by atomic mass is 16.5. The van der Waals surface area contributed by atoms with Gasteiger partial charge in [0.25, 0.3) is 11.7 Å². The van der Waals surface area contributed by atoms with Gasteiger partial charge in [-0.15, -0.1) is 0 Å². The number of ketones is 1. The second kappa shape index (κ2) is 13.8. The van der Waals surface area contributed by atoms with Crippen LogP contribution in [0.25, 0.3) is 5.76 Å². The maximum absolute atomic E-state index is 13.3. The summed E-state index contributed by atoms with van der Waals surface area (Å²) in [5, 5.41) is 11.2. The molecule has 3 rings (SSSR count). The molecule has 2 aromatic rings. The SMILES string of the molecule is CCCCN(CCCC)CCCN1C(=O)C(=O)/C(=C(/O)c2ccccc2)C1c1ccc(OC)c(OC)c1. The molecular weight excluding hydrogens is 468 g/mol. The molecule has 0 spiro atoms. The number of methoxy groups -OCH3 is 2. The Bertz CT molecular complexity index is 1070. The summed E-state index contributed by atoms with van der Waals surface area (Å²) < 4.78 is 10.9. The summed E-state index contributed by atoms with van der Waals surface area (Å²) in [6.45, 7) is 7.69. The lowest BCUT2D eigenvalue weighted by molar-refractivity contribution is -0.140. The lowest BCUT2D eigenvalue weighted by Crippen LogP contribution is -2.34. The number of aliphatic hydroxyl groups excluding tert-OH is 1. The van der Waals surface area contributed by atoms with E-state index in [1.165, 1.54) is 0 Å². The predicted octanol–water partition coefficient (Wildman–Crippen LogP) is 5.42. The Hall–Kier alpha value is -3.32. The van der Waals surface area contributed by atoms with E-state index in [-0.39, 0.29) is 11.3 Å². The fourth-order valence-electron chi connectivity index (χ4n) is 4.80. The first-order valence-corrected chi connectivity index (χ1v) is 13.2. The van der Waals surface area contributed by atoms with Gasteiger partial charge in [0, 0.05) is 12.1 Å². The van der Waals surface area contributed by atoms with E-state index in [9.17, 15) is 14.7 Å². The molecule has 1 aliphatic heterocycles. The number of hydrogen-bond donors (Lipinski definition) is 1. The summed E-state index contributed by atoms with van der Waals surface area (Å²) in [5.74, 6) is -0.390. The minimum Gasteiger partial charge on any atom is -0.507 e. The number of aliphatic hydroxyl groups is 1. The molecule has 2 aromatic carbocycles. The molecular formula is C30H40N2O5. The Labute approximate surface area is 220 Å². The number of ether oxygens (including phenoxy) is 2. The van der Waals surface area contributed by atoms with Gasteiger partial charge in [-0.3, -0.25) is 9.59 Å². The summed E-state index contributed by atoms with van der Waals surface area (Å²) in [6, 6.07) is 13.5. The number of likely N-dealkylation sites (tertiary alicyclic amines) is 1. The van der Waals surface area contributed by atoms with E-state index in [4.69, 9.17) is 9.47 Å². The summed E-state index contributed by atoms with van der Waals surface area (Å²) in [4.78, 5) is 30.6. The van der Waals surface area contributed by atoms with E-state index in [0.29, 0.717) is 29.2 Å². The van der Waals surface area contributed by atoms with Crippen LogP contribution in [0, 0.1) is 0 Å². The van der Waals surface area contributed by atoms with Crippen LogP contribution in [-0.4, -0.2) is 67.0 Å². The van der Waals surface area contributed by atoms with Gasteiger partial charge in [-0.05, 0) is 56.6 Å². The quantitative estimate of drug-likeness (QED) is 0.209. The fraction of sp³-hybridized carbons (Fsp3) is 0.467. The van der Waals surface area contributed by atoms with E-state index in [1.54, 1.807) is 55.5 Å². The lowest BCUT2D eigenvalue weighted by Gasteiger charge is -2.28. The Kier molecular flexibility index (Phi) is 10.6. The van der Waals surface area contributed by atoms with Crippen molar-refractivity contribution in [3.05, 3.63) is 65.2 Å². The van der Waals surface area contributed by atoms with Crippen LogP contribution in [-0.2, 0) is 9.59 Å². The zero-order valence-corrected chi connectivity index (χ0v) is 22.5. The highest BCUT2D eigenvalue weighted by Gasteiger charge is 2.46. The second-order valence-corrected chi connectivity index (χ2v) is 9.38. The molecule has 0 saturated carbocycles. The molecule has 1 amide bonds.